The quantitative estimate of drug-likeness (QED) is 0.844. The highest BCUT2D eigenvalue weighted by Gasteiger charge is 2.25. The maximum absolute atomic E-state index is 12.0. The van der Waals surface area contributed by atoms with Gasteiger partial charge in [-0.15, -0.1) is 0 Å². The molecule has 2 rings (SSSR count). The molecule has 1 N–H and O–H groups in total. The first-order chi connectivity index (χ1) is 12.3. The van der Waals surface area contributed by atoms with Gasteiger partial charge in [0, 0.05) is 45.7 Å². The van der Waals surface area contributed by atoms with E-state index in [0.29, 0.717) is 26.1 Å². The Bertz CT molecular complexity index is 576. The lowest BCUT2D eigenvalue weighted by Crippen LogP contribution is -2.51. The molecule has 0 aliphatic carbocycles. The van der Waals surface area contributed by atoms with Crippen molar-refractivity contribution in [3.63, 3.8) is 0 Å². The third kappa shape index (κ3) is 7.44. The molecule has 1 saturated heterocycles. The Morgan fingerprint density at radius 3 is 2.35 bits per heavy atom. The number of benzene rings is 1. The summed E-state index contributed by atoms with van der Waals surface area (Å²) in [6.07, 6.45) is 1.03. The van der Waals surface area contributed by atoms with E-state index in [9.17, 15) is 9.59 Å². The van der Waals surface area contributed by atoms with Crippen molar-refractivity contribution in [3.8, 4) is 0 Å². The molecule has 0 saturated carbocycles. The van der Waals surface area contributed by atoms with Gasteiger partial charge in [-0.2, -0.15) is 0 Å². The first kappa shape index (κ1) is 20.2. The SMILES string of the molecule is CC(C)(C)OC(=O)N1CCN(CCNC(=O)CCc2ccccc2)CC1. The molecule has 0 spiro atoms. The highest BCUT2D eigenvalue weighted by molar-refractivity contribution is 5.76. The second kappa shape index (κ2) is 9.57. The fraction of sp³-hybridized carbons (Fsp3) is 0.600. The van der Waals surface area contributed by atoms with Crippen molar-refractivity contribution >= 4 is 12.0 Å². The molecule has 0 bridgehead atoms. The van der Waals surface area contributed by atoms with E-state index < -0.39 is 5.60 Å². The zero-order valence-corrected chi connectivity index (χ0v) is 16.2. The van der Waals surface area contributed by atoms with Crippen molar-refractivity contribution in [2.75, 3.05) is 39.3 Å². The van der Waals surface area contributed by atoms with Crippen molar-refractivity contribution in [3.05, 3.63) is 35.9 Å². The van der Waals surface area contributed by atoms with Gasteiger partial charge >= 0.3 is 6.09 Å². The van der Waals surface area contributed by atoms with Crippen LogP contribution in [0.5, 0.6) is 0 Å². The van der Waals surface area contributed by atoms with Crippen LogP contribution in [0.25, 0.3) is 0 Å². The van der Waals surface area contributed by atoms with E-state index in [2.05, 4.69) is 10.2 Å². The molecule has 1 aliphatic rings. The molecule has 0 radical (unpaired) electrons. The Kier molecular flexibility index (Phi) is 7.45. The van der Waals surface area contributed by atoms with E-state index in [1.807, 2.05) is 51.1 Å². The Morgan fingerprint density at radius 1 is 1.08 bits per heavy atom. The number of aryl methyl sites for hydroxylation is 1. The molecule has 2 amide bonds. The van der Waals surface area contributed by atoms with Crippen LogP contribution in [0.15, 0.2) is 30.3 Å². The summed E-state index contributed by atoms with van der Waals surface area (Å²) in [4.78, 5) is 28.0. The van der Waals surface area contributed by atoms with Gasteiger partial charge < -0.3 is 15.0 Å². The molecule has 1 aliphatic heterocycles. The molecule has 0 atom stereocenters. The number of ether oxygens (including phenoxy) is 1. The lowest BCUT2D eigenvalue weighted by atomic mass is 10.1. The predicted octanol–water partition coefficient (Wildman–Crippen LogP) is 2.29. The minimum atomic E-state index is -0.460. The average molecular weight is 361 g/mol. The molecule has 1 heterocycles. The summed E-state index contributed by atoms with van der Waals surface area (Å²) in [6, 6.07) is 10.0. The van der Waals surface area contributed by atoms with E-state index >= 15 is 0 Å². The molecule has 26 heavy (non-hydrogen) atoms. The number of carbonyl (C=O) groups is 2. The number of nitrogens with one attached hydrogen (secondary N) is 1. The van der Waals surface area contributed by atoms with Gasteiger partial charge in [-0.05, 0) is 32.8 Å². The topological polar surface area (TPSA) is 61.9 Å². The predicted molar refractivity (Wildman–Crippen MR) is 102 cm³/mol. The van der Waals surface area contributed by atoms with E-state index in [-0.39, 0.29) is 12.0 Å². The zero-order valence-electron chi connectivity index (χ0n) is 16.2. The molecule has 0 aromatic heterocycles. The van der Waals surface area contributed by atoms with Crippen LogP contribution in [-0.2, 0) is 16.0 Å². The Labute approximate surface area is 156 Å². The van der Waals surface area contributed by atoms with Crippen LogP contribution in [0.4, 0.5) is 4.79 Å². The third-order valence-corrected chi connectivity index (χ3v) is 4.26. The molecular formula is C20H31N3O3. The summed E-state index contributed by atoms with van der Waals surface area (Å²) in [5, 5.41) is 2.98. The summed E-state index contributed by atoms with van der Waals surface area (Å²) in [5.41, 5.74) is 0.721. The number of hydrogen-bond acceptors (Lipinski definition) is 4. The maximum atomic E-state index is 12.0. The number of piperazine rings is 1. The van der Waals surface area contributed by atoms with Crippen molar-refractivity contribution in [2.24, 2.45) is 0 Å². The van der Waals surface area contributed by atoms with E-state index in [1.54, 1.807) is 4.90 Å². The summed E-state index contributed by atoms with van der Waals surface area (Å²) in [7, 11) is 0. The van der Waals surface area contributed by atoms with Crippen LogP contribution in [0.3, 0.4) is 0 Å². The minimum absolute atomic E-state index is 0.0845. The third-order valence-electron chi connectivity index (χ3n) is 4.26. The molecule has 144 valence electrons. The van der Waals surface area contributed by atoms with Gasteiger partial charge in [-0.3, -0.25) is 9.69 Å². The number of nitrogens with zero attached hydrogens (tertiary/aromatic N) is 2. The Balaban J connectivity index is 1.58. The van der Waals surface area contributed by atoms with Crippen LogP contribution in [0.1, 0.15) is 32.8 Å². The standard InChI is InChI=1S/C20H31N3O3/c1-20(2,3)26-19(25)23-15-13-22(14-16-23)12-11-21-18(24)10-9-17-7-5-4-6-8-17/h4-8H,9-16H2,1-3H3,(H,21,24). The van der Waals surface area contributed by atoms with Gasteiger partial charge in [0.15, 0.2) is 0 Å². The Morgan fingerprint density at radius 2 is 1.73 bits per heavy atom. The normalized spacial score (nSPS) is 15.6. The van der Waals surface area contributed by atoms with E-state index in [0.717, 1.165) is 26.1 Å². The molecule has 1 aromatic carbocycles. The van der Waals surface area contributed by atoms with Gasteiger partial charge in [-0.1, -0.05) is 30.3 Å². The fourth-order valence-corrected chi connectivity index (χ4v) is 2.82. The first-order valence-electron chi connectivity index (χ1n) is 9.34. The van der Waals surface area contributed by atoms with E-state index in [4.69, 9.17) is 4.74 Å². The van der Waals surface area contributed by atoms with Crippen LogP contribution >= 0.6 is 0 Å². The lowest BCUT2D eigenvalue weighted by molar-refractivity contribution is -0.121. The monoisotopic (exact) mass is 361 g/mol. The van der Waals surface area contributed by atoms with Crippen LogP contribution in [-0.4, -0.2) is 66.7 Å². The summed E-state index contributed by atoms with van der Waals surface area (Å²) >= 11 is 0. The number of carbonyl (C=O) groups excluding carboxylic acids is 2. The number of rotatable bonds is 6. The molecule has 1 aromatic rings. The summed E-state index contributed by atoms with van der Waals surface area (Å²) in [5.74, 6) is 0.0845. The van der Waals surface area contributed by atoms with Crippen molar-refractivity contribution in [1.29, 1.82) is 0 Å². The molecule has 1 fully saturated rings. The van der Waals surface area contributed by atoms with Crippen molar-refractivity contribution < 1.29 is 14.3 Å². The molecule has 6 nitrogen and oxygen atoms in total. The van der Waals surface area contributed by atoms with Crippen molar-refractivity contribution in [2.45, 2.75) is 39.2 Å². The largest absolute Gasteiger partial charge is 0.444 e. The smallest absolute Gasteiger partial charge is 0.410 e. The second-order valence-electron chi connectivity index (χ2n) is 7.64. The first-order valence-corrected chi connectivity index (χ1v) is 9.34. The fourth-order valence-electron chi connectivity index (χ4n) is 2.82. The lowest BCUT2D eigenvalue weighted by Gasteiger charge is -2.35. The van der Waals surface area contributed by atoms with Gasteiger partial charge in [0.1, 0.15) is 5.60 Å². The molecular weight excluding hydrogens is 330 g/mol. The van der Waals surface area contributed by atoms with Gasteiger partial charge in [0.05, 0.1) is 0 Å². The second-order valence-corrected chi connectivity index (χ2v) is 7.64. The molecule has 0 unspecified atom stereocenters. The summed E-state index contributed by atoms with van der Waals surface area (Å²) < 4.78 is 5.40. The number of hydrogen-bond donors (Lipinski definition) is 1. The highest BCUT2D eigenvalue weighted by atomic mass is 16.6. The maximum Gasteiger partial charge on any atom is 0.410 e. The zero-order chi connectivity index (χ0) is 19.0. The van der Waals surface area contributed by atoms with Crippen LogP contribution < -0.4 is 5.32 Å². The van der Waals surface area contributed by atoms with Crippen LogP contribution in [0, 0.1) is 0 Å². The van der Waals surface area contributed by atoms with Gasteiger partial charge in [-0.25, -0.2) is 4.79 Å². The Hall–Kier alpha value is -2.08. The van der Waals surface area contributed by atoms with E-state index in [1.165, 1.54) is 5.56 Å². The van der Waals surface area contributed by atoms with Gasteiger partial charge in [0.2, 0.25) is 5.91 Å². The van der Waals surface area contributed by atoms with Gasteiger partial charge in [0.25, 0.3) is 0 Å². The van der Waals surface area contributed by atoms with Crippen molar-refractivity contribution in [1.82, 2.24) is 15.1 Å². The highest BCUT2D eigenvalue weighted by Crippen LogP contribution is 2.11. The average Bonchev–Trinajstić information content (AvgIpc) is 2.60. The molecule has 6 heteroatoms. The minimum Gasteiger partial charge on any atom is -0.444 e. The number of amides is 2. The summed E-state index contributed by atoms with van der Waals surface area (Å²) in [6.45, 7) is 10.0. The van der Waals surface area contributed by atoms with Crippen LogP contribution in [0.2, 0.25) is 0 Å².